The molecule has 1 aromatic rings. The number of amidine groups is 1. The van der Waals surface area contributed by atoms with E-state index in [0.717, 1.165) is 5.56 Å². The number of hydrogen-bond acceptors (Lipinski definition) is 3. The van der Waals surface area contributed by atoms with Gasteiger partial charge in [-0.1, -0.05) is 23.9 Å². The molecule has 6 heteroatoms. The van der Waals surface area contributed by atoms with Crippen molar-refractivity contribution in [2.45, 2.75) is 13.2 Å². The number of alkyl halides is 2. The highest BCUT2D eigenvalue weighted by Gasteiger charge is 2.03. The first kappa shape index (κ1) is 12.8. The molecule has 0 aromatic heterocycles. The zero-order valence-corrected chi connectivity index (χ0v) is 9.48. The third-order valence-electron chi connectivity index (χ3n) is 1.81. The second-order valence-corrected chi connectivity index (χ2v) is 3.73. The third-order valence-corrected chi connectivity index (χ3v) is 2.36. The maximum atomic E-state index is 11.9. The van der Waals surface area contributed by atoms with Crippen LogP contribution in [0.3, 0.4) is 0 Å². The summed E-state index contributed by atoms with van der Waals surface area (Å²) in [5.41, 5.74) is 0.903. The van der Waals surface area contributed by atoms with Crippen LogP contribution in [0, 0.1) is 5.41 Å². The standard InChI is InChI=1S/C10H12F2N2OS/c1-16-10(13)14-6-7-2-4-8(5-3-7)15-9(11)12/h2-5,9H,6H2,1H3,(H2,13,14). The maximum Gasteiger partial charge on any atom is 0.387 e. The minimum Gasteiger partial charge on any atom is -0.435 e. The number of nitrogens with one attached hydrogen (secondary N) is 2. The topological polar surface area (TPSA) is 45.1 Å². The van der Waals surface area contributed by atoms with E-state index in [1.165, 1.54) is 23.9 Å². The molecule has 0 atom stereocenters. The van der Waals surface area contributed by atoms with Crippen molar-refractivity contribution < 1.29 is 13.5 Å². The minimum absolute atomic E-state index is 0.138. The first-order valence-corrected chi connectivity index (χ1v) is 5.74. The Kier molecular flexibility index (Phi) is 5.04. The summed E-state index contributed by atoms with van der Waals surface area (Å²) in [6.45, 7) is -2.30. The highest BCUT2D eigenvalue weighted by Crippen LogP contribution is 2.14. The van der Waals surface area contributed by atoms with Gasteiger partial charge in [0.25, 0.3) is 0 Å². The number of thioether (sulfide) groups is 1. The number of hydrogen-bond donors (Lipinski definition) is 2. The van der Waals surface area contributed by atoms with Crippen molar-refractivity contribution in [3.8, 4) is 5.75 Å². The Hall–Kier alpha value is -1.30. The molecule has 0 amide bonds. The zero-order valence-electron chi connectivity index (χ0n) is 8.67. The van der Waals surface area contributed by atoms with E-state index in [2.05, 4.69) is 10.1 Å². The smallest absolute Gasteiger partial charge is 0.387 e. The van der Waals surface area contributed by atoms with Gasteiger partial charge in [-0.25, -0.2) is 0 Å². The van der Waals surface area contributed by atoms with Crippen LogP contribution in [0.25, 0.3) is 0 Å². The van der Waals surface area contributed by atoms with Crippen LogP contribution in [-0.4, -0.2) is 18.0 Å². The SMILES string of the molecule is CSC(=N)NCc1ccc(OC(F)F)cc1. The molecule has 0 saturated carbocycles. The number of halogens is 2. The lowest BCUT2D eigenvalue weighted by molar-refractivity contribution is -0.0498. The normalized spacial score (nSPS) is 10.2. The Morgan fingerprint density at radius 3 is 2.56 bits per heavy atom. The minimum atomic E-state index is -2.80. The molecule has 88 valence electrons. The van der Waals surface area contributed by atoms with Gasteiger partial charge in [0.2, 0.25) is 0 Å². The molecule has 0 saturated heterocycles. The van der Waals surface area contributed by atoms with Crippen LogP contribution in [-0.2, 0) is 6.54 Å². The van der Waals surface area contributed by atoms with E-state index in [4.69, 9.17) is 5.41 Å². The van der Waals surface area contributed by atoms with Gasteiger partial charge in [-0.05, 0) is 24.0 Å². The largest absolute Gasteiger partial charge is 0.435 e. The quantitative estimate of drug-likeness (QED) is 0.634. The number of rotatable bonds is 4. The monoisotopic (exact) mass is 246 g/mol. The second kappa shape index (κ2) is 6.32. The maximum absolute atomic E-state index is 11.9. The molecule has 0 fully saturated rings. The predicted octanol–water partition coefficient (Wildman–Crippen LogP) is 2.68. The molecule has 16 heavy (non-hydrogen) atoms. The van der Waals surface area contributed by atoms with E-state index in [-0.39, 0.29) is 5.75 Å². The molecule has 0 aliphatic carbocycles. The summed E-state index contributed by atoms with van der Waals surface area (Å²) in [6.07, 6.45) is 1.80. The van der Waals surface area contributed by atoms with Gasteiger partial charge in [0.1, 0.15) is 5.75 Å². The molecule has 0 bridgehead atoms. The van der Waals surface area contributed by atoms with Crippen LogP contribution in [0.1, 0.15) is 5.56 Å². The molecule has 0 spiro atoms. The average Bonchev–Trinajstić information content (AvgIpc) is 2.27. The fourth-order valence-corrected chi connectivity index (χ4v) is 1.26. The van der Waals surface area contributed by atoms with E-state index >= 15 is 0 Å². The van der Waals surface area contributed by atoms with Crippen molar-refractivity contribution in [3.63, 3.8) is 0 Å². The van der Waals surface area contributed by atoms with Gasteiger partial charge >= 0.3 is 6.61 Å². The zero-order chi connectivity index (χ0) is 12.0. The number of ether oxygens (including phenoxy) is 1. The van der Waals surface area contributed by atoms with E-state index < -0.39 is 6.61 Å². The predicted molar refractivity (Wildman–Crippen MR) is 61.2 cm³/mol. The molecule has 1 aromatic carbocycles. The summed E-state index contributed by atoms with van der Waals surface area (Å²) in [6, 6.07) is 6.31. The lowest BCUT2D eigenvalue weighted by Gasteiger charge is -2.07. The lowest BCUT2D eigenvalue weighted by Crippen LogP contribution is -2.18. The van der Waals surface area contributed by atoms with Crippen molar-refractivity contribution in [1.29, 1.82) is 5.41 Å². The van der Waals surface area contributed by atoms with Gasteiger partial charge in [-0.3, -0.25) is 5.41 Å². The molecule has 3 nitrogen and oxygen atoms in total. The van der Waals surface area contributed by atoms with Crippen molar-refractivity contribution in [2.24, 2.45) is 0 Å². The highest BCUT2D eigenvalue weighted by molar-refractivity contribution is 8.13. The summed E-state index contributed by atoms with van der Waals surface area (Å²) in [7, 11) is 0. The van der Waals surface area contributed by atoms with Gasteiger partial charge in [0.05, 0.1) is 0 Å². The molecular weight excluding hydrogens is 234 g/mol. The Morgan fingerprint density at radius 2 is 2.06 bits per heavy atom. The Bertz CT molecular complexity index is 343. The summed E-state index contributed by atoms with van der Waals surface area (Å²) in [5, 5.41) is 10.6. The van der Waals surface area contributed by atoms with Gasteiger partial charge in [0.15, 0.2) is 5.17 Å². The number of benzene rings is 1. The van der Waals surface area contributed by atoms with Crippen molar-refractivity contribution >= 4 is 16.9 Å². The molecular formula is C10H12F2N2OS. The average molecular weight is 246 g/mol. The Labute approximate surface area is 96.7 Å². The van der Waals surface area contributed by atoms with E-state index in [1.807, 2.05) is 0 Å². The van der Waals surface area contributed by atoms with Crippen molar-refractivity contribution in [3.05, 3.63) is 29.8 Å². The molecule has 0 unspecified atom stereocenters. The van der Waals surface area contributed by atoms with Crippen LogP contribution in [0.4, 0.5) is 8.78 Å². The van der Waals surface area contributed by atoms with Gasteiger partial charge in [0, 0.05) is 6.54 Å². The van der Waals surface area contributed by atoms with Crippen molar-refractivity contribution in [1.82, 2.24) is 5.32 Å². The van der Waals surface area contributed by atoms with Crippen LogP contribution in [0.5, 0.6) is 5.75 Å². The van der Waals surface area contributed by atoms with Crippen molar-refractivity contribution in [2.75, 3.05) is 6.26 Å². The van der Waals surface area contributed by atoms with E-state index in [1.54, 1.807) is 18.4 Å². The summed E-state index contributed by atoms with van der Waals surface area (Å²) < 4.78 is 27.9. The summed E-state index contributed by atoms with van der Waals surface area (Å²) >= 11 is 1.30. The molecule has 2 N–H and O–H groups in total. The van der Waals surface area contributed by atoms with Crippen LogP contribution in [0.2, 0.25) is 0 Å². The molecule has 1 rings (SSSR count). The van der Waals surface area contributed by atoms with Crippen LogP contribution in [0.15, 0.2) is 24.3 Å². The fourth-order valence-electron chi connectivity index (χ4n) is 1.04. The molecule has 0 aliphatic heterocycles. The Morgan fingerprint density at radius 1 is 1.44 bits per heavy atom. The fraction of sp³-hybridized carbons (Fsp3) is 0.300. The first-order chi connectivity index (χ1) is 7.61. The van der Waals surface area contributed by atoms with E-state index in [9.17, 15) is 8.78 Å². The molecule has 0 radical (unpaired) electrons. The van der Waals surface area contributed by atoms with Gasteiger partial charge in [-0.15, -0.1) is 0 Å². The van der Waals surface area contributed by atoms with Gasteiger partial charge < -0.3 is 10.1 Å². The summed E-state index contributed by atoms with van der Waals surface area (Å²) in [4.78, 5) is 0. The highest BCUT2D eigenvalue weighted by atomic mass is 32.2. The Balaban J connectivity index is 2.48. The second-order valence-electron chi connectivity index (χ2n) is 2.91. The lowest BCUT2D eigenvalue weighted by atomic mass is 10.2. The first-order valence-electron chi connectivity index (χ1n) is 4.52. The van der Waals surface area contributed by atoms with Crippen LogP contribution >= 0.6 is 11.8 Å². The molecule has 0 heterocycles. The van der Waals surface area contributed by atoms with E-state index in [0.29, 0.717) is 11.7 Å². The third kappa shape index (κ3) is 4.48. The van der Waals surface area contributed by atoms with Gasteiger partial charge in [-0.2, -0.15) is 8.78 Å². The van der Waals surface area contributed by atoms with Crippen LogP contribution < -0.4 is 10.1 Å². The summed E-state index contributed by atoms with van der Waals surface area (Å²) in [5.74, 6) is 0.138. The molecule has 0 aliphatic rings.